The van der Waals surface area contributed by atoms with Gasteiger partial charge in [0.25, 0.3) is 5.91 Å². The number of amides is 1. The Labute approximate surface area is 117 Å². The van der Waals surface area contributed by atoms with Crippen LogP contribution in [0.1, 0.15) is 36.2 Å². The fourth-order valence-corrected chi connectivity index (χ4v) is 4.02. The van der Waals surface area contributed by atoms with Crippen molar-refractivity contribution >= 4 is 39.6 Å². The van der Waals surface area contributed by atoms with Crippen LogP contribution in [0.5, 0.6) is 0 Å². The fourth-order valence-electron chi connectivity index (χ4n) is 2.13. The third kappa shape index (κ3) is 2.41. The van der Waals surface area contributed by atoms with E-state index in [9.17, 15) is 9.59 Å². The lowest BCUT2D eigenvalue weighted by molar-refractivity contribution is 0.0702. The van der Waals surface area contributed by atoms with Crippen molar-refractivity contribution in [2.24, 2.45) is 0 Å². The van der Waals surface area contributed by atoms with E-state index in [4.69, 9.17) is 5.11 Å². The normalized spacial score (nSPS) is 13.3. The third-order valence-corrected chi connectivity index (χ3v) is 5.25. The zero-order valence-electron chi connectivity index (χ0n) is 9.93. The summed E-state index contributed by atoms with van der Waals surface area (Å²) in [6.07, 6.45) is 3.30. The zero-order valence-corrected chi connectivity index (χ0v) is 11.6. The van der Waals surface area contributed by atoms with E-state index >= 15 is 0 Å². The van der Waals surface area contributed by atoms with Gasteiger partial charge >= 0.3 is 5.97 Å². The van der Waals surface area contributed by atoms with Crippen LogP contribution in [0.25, 0.3) is 0 Å². The second-order valence-corrected chi connectivity index (χ2v) is 6.56. The van der Waals surface area contributed by atoms with Crippen molar-refractivity contribution in [1.29, 1.82) is 0 Å². The van der Waals surface area contributed by atoms with Gasteiger partial charge in [-0.25, -0.2) is 4.79 Å². The molecule has 0 saturated heterocycles. The quantitative estimate of drug-likeness (QED) is 0.913. The Morgan fingerprint density at radius 2 is 2.00 bits per heavy atom. The first-order valence-corrected chi connectivity index (χ1v) is 7.53. The molecule has 6 heteroatoms. The van der Waals surface area contributed by atoms with Gasteiger partial charge in [0.15, 0.2) is 0 Å². The van der Waals surface area contributed by atoms with Gasteiger partial charge in [0.2, 0.25) is 0 Å². The summed E-state index contributed by atoms with van der Waals surface area (Å²) >= 11 is 2.61. The first-order chi connectivity index (χ1) is 9.13. The highest BCUT2D eigenvalue weighted by atomic mass is 32.1. The fraction of sp³-hybridized carbons (Fsp3) is 0.231. The molecule has 4 nitrogen and oxygen atoms in total. The van der Waals surface area contributed by atoms with E-state index in [1.165, 1.54) is 34.3 Å². The van der Waals surface area contributed by atoms with Crippen LogP contribution in [-0.2, 0) is 12.8 Å². The molecule has 1 amide bonds. The van der Waals surface area contributed by atoms with Crippen LogP contribution in [0.15, 0.2) is 18.2 Å². The van der Waals surface area contributed by atoms with Crippen LogP contribution in [0.2, 0.25) is 0 Å². The van der Waals surface area contributed by atoms with Crippen molar-refractivity contribution in [3.63, 3.8) is 0 Å². The first kappa shape index (κ1) is 12.4. The van der Waals surface area contributed by atoms with Crippen molar-refractivity contribution < 1.29 is 14.7 Å². The number of rotatable bonds is 3. The molecule has 0 saturated carbocycles. The average Bonchev–Trinajstić information content (AvgIpc) is 3.02. The van der Waals surface area contributed by atoms with Crippen LogP contribution < -0.4 is 5.32 Å². The molecule has 0 aliphatic heterocycles. The minimum absolute atomic E-state index is 0.154. The molecule has 0 aromatic carbocycles. The van der Waals surface area contributed by atoms with E-state index in [-0.39, 0.29) is 10.8 Å². The maximum atomic E-state index is 12.1. The van der Waals surface area contributed by atoms with E-state index in [0.717, 1.165) is 24.2 Å². The first-order valence-electron chi connectivity index (χ1n) is 5.89. The van der Waals surface area contributed by atoms with E-state index in [1.54, 1.807) is 6.07 Å². The van der Waals surface area contributed by atoms with Gasteiger partial charge in [-0.1, -0.05) is 0 Å². The number of carboxylic acid groups (broad SMARTS) is 1. The number of carbonyl (C=O) groups excluding carboxylic acids is 1. The van der Waals surface area contributed by atoms with Crippen LogP contribution in [-0.4, -0.2) is 17.0 Å². The van der Waals surface area contributed by atoms with E-state index < -0.39 is 5.97 Å². The summed E-state index contributed by atoms with van der Waals surface area (Å²) in [7, 11) is 0. The number of anilines is 1. The lowest BCUT2D eigenvalue weighted by Crippen LogP contribution is -2.08. The minimum atomic E-state index is -0.972. The summed E-state index contributed by atoms with van der Waals surface area (Å²) in [5.41, 5.74) is 1.28. The Morgan fingerprint density at radius 1 is 1.16 bits per heavy atom. The largest absolute Gasteiger partial charge is 0.477 e. The number of hydrogen-bond donors (Lipinski definition) is 2. The van der Waals surface area contributed by atoms with Crippen LogP contribution in [0, 0.1) is 0 Å². The summed E-state index contributed by atoms with van der Waals surface area (Å²) in [6.45, 7) is 0. The summed E-state index contributed by atoms with van der Waals surface area (Å²) in [4.78, 5) is 25.1. The van der Waals surface area contributed by atoms with Crippen molar-refractivity contribution in [3.8, 4) is 0 Å². The molecule has 2 heterocycles. The van der Waals surface area contributed by atoms with E-state index in [2.05, 4.69) is 5.32 Å². The third-order valence-electron chi connectivity index (χ3n) is 3.02. The number of aryl methyl sites for hydroxylation is 2. The number of fused-ring (bicyclic) bond motifs is 1. The standard InChI is InChI=1S/C13H11NO3S2/c15-12(10-6-7-2-1-3-8(7)18-10)14-11-5-4-9(19-11)13(16)17/h4-6H,1-3H2,(H,14,15)(H,16,17). The Bertz CT molecular complexity index is 635. The topological polar surface area (TPSA) is 66.4 Å². The number of nitrogens with one attached hydrogen (secondary N) is 1. The van der Waals surface area contributed by atoms with E-state index in [0.29, 0.717) is 9.88 Å². The molecular formula is C13H11NO3S2. The monoisotopic (exact) mass is 293 g/mol. The average molecular weight is 293 g/mol. The smallest absolute Gasteiger partial charge is 0.345 e. The van der Waals surface area contributed by atoms with Gasteiger partial charge in [0, 0.05) is 4.88 Å². The summed E-state index contributed by atoms with van der Waals surface area (Å²) in [6, 6.07) is 5.07. The molecule has 0 spiro atoms. The molecule has 0 atom stereocenters. The second kappa shape index (κ2) is 4.79. The Hall–Kier alpha value is -1.66. The molecule has 0 bridgehead atoms. The summed E-state index contributed by atoms with van der Waals surface area (Å²) in [5, 5.41) is 12.1. The number of carboxylic acids is 1. The molecule has 19 heavy (non-hydrogen) atoms. The zero-order chi connectivity index (χ0) is 13.4. The van der Waals surface area contributed by atoms with Gasteiger partial charge < -0.3 is 10.4 Å². The predicted molar refractivity (Wildman–Crippen MR) is 75.6 cm³/mol. The lowest BCUT2D eigenvalue weighted by Gasteiger charge is -1.99. The molecule has 2 aromatic rings. The highest BCUT2D eigenvalue weighted by Crippen LogP contribution is 2.31. The molecule has 1 aliphatic rings. The highest BCUT2D eigenvalue weighted by molar-refractivity contribution is 7.18. The molecule has 3 rings (SSSR count). The summed E-state index contributed by atoms with van der Waals surface area (Å²) < 4.78 is 0. The molecule has 1 aliphatic carbocycles. The van der Waals surface area contributed by atoms with Gasteiger partial charge in [0.1, 0.15) is 4.88 Å². The van der Waals surface area contributed by atoms with Crippen molar-refractivity contribution in [2.45, 2.75) is 19.3 Å². The van der Waals surface area contributed by atoms with Crippen LogP contribution in [0.3, 0.4) is 0 Å². The van der Waals surface area contributed by atoms with Crippen molar-refractivity contribution in [2.75, 3.05) is 5.32 Å². The Morgan fingerprint density at radius 3 is 2.68 bits per heavy atom. The Kier molecular flexibility index (Phi) is 3.12. The highest BCUT2D eigenvalue weighted by Gasteiger charge is 2.19. The van der Waals surface area contributed by atoms with Gasteiger partial charge in [0.05, 0.1) is 9.88 Å². The van der Waals surface area contributed by atoms with Crippen molar-refractivity contribution in [1.82, 2.24) is 0 Å². The molecule has 2 N–H and O–H groups in total. The SMILES string of the molecule is O=C(O)c1ccc(NC(=O)c2cc3c(s2)CCC3)s1. The maximum Gasteiger partial charge on any atom is 0.345 e. The molecule has 98 valence electrons. The van der Waals surface area contributed by atoms with Crippen molar-refractivity contribution in [3.05, 3.63) is 38.4 Å². The summed E-state index contributed by atoms with van der Waals surface area (Å²) in [5.74, 6) is -1.13. The molecular weight excluding hydrogens is 282 g/mol. The lowest BCUT2D eigenvalue weighted by atomic mass is 10.2. The number of thiophene rings is 2. The minimum Gasteiger partial charge on any atom is -0.477 e. The van der Waals surface area contributed by atoms with Gasteiger partial charge in [-0.3, -0.25) is 4.79 Å². The molecule has 0 unspecified atom stereocenters. The number of aromatic carboxylic acids is 1. The van der Waals surface area contributed by atoms with Gasteiger partial charge in [-0.15, -0.1) is 22.7 Å². The Balaban J connectivity index is 1.74. The van der Waals surface area contributed by atoms with Crippen LogP contribution in [0.4, 0.5) is 5.00 Å². The molecule has 2 aromatic heterocycles. The molecule has 0 radical (unpaired) electrons. The number of carbonyl (C=O) groups is 2. The molecule has 0 fully saturated rings. The number of hydrogen-bond acceptors (Lipinski definition) is 4. The predicted octanol–water partition coefficient (Wildman–Crippen LogP) is 3.25. The van der Waals surface area contributed by atoms with Crippen LogP contribution >= 0.6 is 22.7 Å². The van der Waals surface area contributed by atoms with Gasteiger partial charge in [-0.05, 0) is 43.0 Å². The van der Waals surface area contributed by atoms with Gasteiger partial charge in [-0.2, -0.15) is 0 Å². The maximum absolute atomic E-state index is 12.1. The van der Waals surface area contributed by atoms with E-state index in [1.807, 2.05) is 6.07 Å². The second-order valence-electron chi connectivity index (χ2n) is 4.34.